The van der Waals surface area contributed by atoms with Crippen LogP contribution in [0.2, 0.25) is 0 Å². The molecule has 44 heavy (non-hydrogen) atoms. The third kappa shape index (κ3) is 5.89. The molecule has 0 bridgehead atoms. The number of phenolic OH excluding ortho intramolecular Hbond substituents is 2. The Kier molecular flexibility index (Phi) is 9.15. The Morgan fingerprint density at radius 3 is 2.39 bits per heavy atom. The van der Waals surface area contributed by atoms with E-state index >= 15 is 0 Å². The molecule has 4 rings (SSSR count). The number of rotatable bonds is 9. The van der Waals surface area contributed by atoms with Gasteiger partial charge in [0.15, 0.2) is 11.5 Å². The minimum Gasteiger partial charge on any atom is -0.504 e. The number of aliphatic carboxylic acids is 1. The van der Waals surface area contributed by atoms with Crippen molar-refractivity contribution in [2.24, 2.45) is 0 Å². The highest BCUT2D eigenvalue weighted by molar-refractivity contribution is 8.00. The number of aromatic hydroxyl groups is 2. The molecule has 0 radical (unpaired) electrons. The van der Waals surface area contributed by atoms with Crippen LogP contribution < -0.4 is 10.6 Å². The lowest BCUT2D eigenvalue weighted by molar-refractivity contribution is -0.193. The van der Waals surface area contributed by atoms with Crippen molar-refractivity contribution in [3.63, 3.8) is 0 Å². The first-order valence-electron chi connectivity index (χ1n) is 12.9. The summed E-state index contributed by atoms with van der Waals surface area (Å²) in [7, 11) is 2.29. The molecule has 0 saturated carbocycles. The van der Waals surface area contributed by atoms with Crippen LogP contribution in [0.3, 0.4) is 0 Å². The van der Waals surface area contributed by atoms with Gasteiger partial charge in [-0.2, -0.15) is 0 Å². The number of carboxylic acids is 1. The summed E-state index contributed by atoms with van der Waals surface area (Å²) in [6.45, 7) is 0.818. The van der Waals surface area contributed by atoms with Gasteiger partial charge in [0, 0.05) is 38.0 Å². The zero-order valence-electron chi connectivity index (χ0n) is 23.6. The number of phenols is 2. The smallest absolute Gasteiger partial charge is 0.352 e. The molecule has 2 aromatic carbocycles. The number of hydrogen-bond acceptors (Lipinski definition) is 11. The number of thioether (sulfide) groups is 1. The van der Waals surface area contributed by atoms with E-state index in [0.29, 0.717) is 4.90 Å². The van der Waals surface area contributed by atoms with Crippen LogP contribution >= 0.6 is 11.8 Å². The molecule has 2 aromatic rings. The second kappa shape index (κ2) is 12.6. The highest BCUT2D eigenvalue weighted by atomic mass is 32.2. The monoisotopic (exact) mass is 628 g/mol. The number of methoxy groups -OCH3 is 1. The quantitative estimate of drug-likeness (QED) is 0.113. The molecule has 232 valence electrons. The molecule has 1 unspecified atom stereocenters. The molecule has 15 nitrogen and oxygen atoms in total. The van der Waals surface area contributed by atoms with E-state index in [0.717, 1.165) is 49.9 Å². The Labute approximate surface area is 254 Å². The van der Waals surface area contributed by atoms with Gasteiger partial charge in [0.05, 0.1) is 0 Å². The molecule has 1 fully saturated rings. The first-order chi connectivity index (χ1) is 20.8. The number of fused-ring (bicyclic) bond motifs is 1. The number of urea groups is 1. The van der Waals surface area contributed by atoms with Crippen molar-refractivity contribution in [3.8, 4) is 11.5 Å². The minimum atomic E-state index is -2.02. The lowest BCUT2D eigenvalue weighted by Gasteiger charge is -2.56. The van der Waals surface area contributed by atoms with Crippen LogP contribution in [0.25, 0.3) is 0 Å². The molecule has 0 aliphatic carbocycles. The zero-order chi connectivity index (χ0) is 32.3. The van der Waals surface area contributed by atoms with Gasteiger partial charge in [-0.25, -0.2) is 9.59 Å². The number of carbonyl (C=O) groups excluding carboxylic acids is 5. The van der Waals surface area contributed by atoms with Crippen molar-refractivity contribution >= 4 is 47.5 Å². The van der Waals surface area contributed by atoms with Crippen molar-refractivity contribution in [1.29, 1.82) is 0 Å². The molecule has 2 heterocycles. The average molecular weight is 629 g/mol. The summed E-state index contributed by atoms with van der Waals surface area (Å²) in [4.78, 5) is 78.2. The predicted molar refractivity (Wildman–Crippen MR) is 152 cm³/mol. The van der Waals surface area contributed by atoms with Crippen LogP contribution in [0.5, 0.6) is 11.5 Å². The van der Waals surface area contributed by atoms with E-state index in [-0.39, 0.29) is 29.1 Å². The Balaban J connectivity index is 1.58. The average Bonchev–Trinajstić information content (AvgIpc) is 3.01. The highest BCUT2D eigenvalue weighted by Gasteiger charge is 2.67. The number of carboxylic acid groups (broad SMARTS) is 1. The van der Waals surface area contributed by atoms with E-state index in [2.05, 4.69) is 10.6 Å². The van der Waals surface area contributed by atoms with Gasteiger partial charge in [-0.05, 0) is 23.8 Å². The molecule has 0 spiro atoms. The lowest BCUT2D eigenvalue weighted by Crippen LogP contribution is -2.81. The SMILES string of the molecule is CO[C@@]1(NC(=O)C(NC(=O)N(C)C(=O)c2ccc(O)c(O)c2)c2ccccc2)C(=O)N2C(C(=O)O)=C(COC(C)=O)CS[C@H]21. The predicted octanol–water partition coefficient (Wildman–Crippen LogP) is 0.897. The van der Waals surface area contributed by atoms with Crippen LogP contribution in [0.15, 0.2) is 59.8 Å². The third-order valence-corrected chi connectivity index (χ3v) is 8.26. The summed E-state index contributed by atoms with van der Waals surface area (Å²) in [5.74, 6) is -5.74. The Hall–Kier alpha value is -5.09. The van der Waals surface area contributed by atoms with Gasteiger partial charge in [-0.15, -0.1) is 11.8 Å². The van der Waals surface area contributed by atoms with Crippen LogP contribution in [0.1, 0.15) is 28.9 Å². The van der Waals surface area contributed by atoms with E-state index in [4.69, 9.17) is 9.47 Å². The Morgan fingerprint density at radius 2 is 1.80 bits per heavy atom. The fraction of sp³-hybridized carbons (Fsp3) is 0.286. The van der Waals surface area contributed by atoms with Crippen LogP contribution in [0, 0.1) is 0 Å². The van der Waals surface area contributed by atoms with E-state index < -0.39 is 70.0 Å². The maximum Gasteiger partial charge on any atom is 0.352 e. The van der Waals surface area contributed by atoms with Crippen molar-refractivity contribution in [1.82, 2.24) is 20.4 Å². The van der Waals surface area contributed by atoms with Gasteiger partial charge in [-0.1, -0.05) is 30.3 Å². The normalized spacial score (nSPS) is 19.7. The van der Waals surface area contributed by atoms with Crippen molar-refractivity contribution in [2.75, 3.05) is 26.5 Å². The molecule has 2 aliphatic rings. The number of nitrogens with zero attached hydrogens (tertiary/aromatic N) is 2. The largest absolute Gasteiger partial charge is 0.504 e. The number of carbonyl (C=O) groups is 6. The fourth-order valence-corrected chi connectivity index (χ4v) is 6.03. The molecule has 5 N–H and O–H groups in total. The highest BCUT2D eigenvalue weighted by Crippen LogP contribution is 2.46. The van der Waals surface area contributed by atoms with Crippen LogP contribution in [-0.2, 0) is 28.7 Å². The maximum absolute atomic E-state index is 13.7. The number of amides is 5. The summed E-state index contributed by atoms with van der Waals surface area (Å²) in [5, 5.41) is 33.1. The molecular formula is C28H28N4O11S. The molecule has 1 saturated heterocycles. The van der Waals surface area contributed by atoms with E-state index in [9.17, 15) is 44.1 Å². The molecule has 3 atom stereocenters. The summed E-state index contributed by atoms with van der Waals surface area (Å²) >= 11 is 1.08. The summed E-state index contributed by atoms with van der Waals surface area (Å²) in [6.07, 6.45) is 0. The lowest BCUT2D eigenvalue weighted by atomic mass is 9.97. The van der Waals surface area contributed by atoms with Crippen molar-refractivity contribution < 1.29 is 53.6 Å². The van der Waals surface area contributed by atoms with Gasteiger partial charge >= 0.3 is 18.0 Å². The second-order valence-corrected chi connectivity index (χ2v) is 10.7. The van der Waals surface area contributed by atoms with Gasteiger partial charge in [0.1, 0.15) is 23.7 Å². The number of esters is 1. The van der Waals surface area contributed by atoms with Gasteiger partial charge < -0.3 is 35.4 Å². The number of nitrogens with one attached hydrogen (secondary N) is 2. The van der Waals surface area contributed by atoms with Gasteiger partial charge in [0.25, 0.3) is 17.5 Å². The fourth-order valence-electron chi connectivity index (χ4n) is 4.61. The topological polar surface area (TPSA) is 212 Å². The Bertz CT molecular complexity index is 1560. The number of benzene rings is 2. The van der Waals surface area contributed by atoms with Gasteiger partial charge in [0.2, 0.25) is 5.91 Å². The second-order valence-electron chi connectivity index (χ2n) is 9.67. The number of imide groups is 1. The van der Waals surface area contributed by atoms with E-state index in [1.165, 1.54) is 18.2 Å². The standard InChI is InChI=1S/C28H28N4O11S/c1-14(33)43-12-17-13-44-26-28(42-3,25(40)32(26)21(17)24(38)39)30-22(36)20(15-7-5-4-6-8-15)29-27(41)31(2)23(37)16-9-10-18(34)19(35)11-16/h4-11,20,26,34-35H,12-13H2,1-3H3,(H,29,41)(H,30,36)(H,38,39)/t20?,26-,28-/m0/s1. The summed E-state index contributed by atoms with van der Waals surface area (Å²) in [5.41, 5.74) is -2.07. The molecule has 0 aromatic heterocycles. The Morgan fingerprint density at radius 1 is 1.11 bits per heavy atom. The minimum absolute atomic E-state index is 0.0446. The van der Waals surface area contributed by atoms with Gasteiger partial charge in [-0.3, -0.25) is 29.0 Å². The number of hydrogen-bond donors (Lipinski definition) is 5. The zero-order valence-corrected chi connectivity index (χ0v) is 24.4. The first kappa shape index (κ1) is 31.8. The third-order valence-electron chi connectivity index (χ3n) is 6.89. The molecular weight excluding hydrogens is 600 g/mol. The molecule has 2 aliphatic heterocycles. The van der Waals surface area contributed by atoms with E-state index in [1.807, 2.05) is 0 Å². The number of ether oxygens (including phenoxy) is 2. The summed E-state index contributed by atoms with van der Waals surface area (Å²) in [6, 6.07) is 8.70. The van der Waals surface area contributed by atoms with Crippen LogP contribution in [0.4, 0.5) is 4.79 Å². The van der Waals surface area contributed by atoms with Crippen molar-refractivity contribution in [3.05, 3.63) is 70.9 Å². The molecule has 5 amide bonds. The van der Waals surface area contributed by atoms with Crippen LogP contribution in [-0.4, -0.2) is 98.4 Å². The molecule has 16 heteroatoms. The summed E-state index contributed by atoms with van der Waals surface area (Å²) < 4.78 is 10.4. The van der Waals surface area contributed by atoms with Crippen molar-refractivity contribution in [2.45, 2.75) is 24.1 Å². The maximum atomic E-state index is 13.7. The first-order valence-corrected chi connectivity index (χ1v) is 13.9. The number of β-lactam (4-membered cyclic amide) rings is 1. The van der Waals surface area contributed by atoms with E-state index in [1.54, 1.807) is 18.2 Å².